The number of hydrogen-bond acceptors (Lipinski definition) is 4. The lowest BCUT2D eigenvalue weighted by molar-refractivity contribution is -0.118. The van der Waals surface area contributed by atoms with Crippen LogP contribution in [0.1, 0.15) is 29.6 Å². The number of anilines is 1. The van der Waals surface area contributed by atoms with E-state index in [0.717, 1.165) is 6.07 Å². The second kappa shape index (κ2) is 7.73. The third-order valence-electron chi connectivity index (χ3n) is 2.62. The van der Waals surface area contributed by atoms with E-state index in [2.05, 4.69) is 10.6 Å². The number of aromatic carboxylic acids is 1. The zero-order chi connectivity index (χ0) is 15.8. The number of urea groups is 1. The Morgan fingerprint density at radius 2 is 1.90 bits per heavy atom. The number of carbonyl (C=O) groups excluding carboxylic acids is 2. The van der Waals surface area contributed by atoms with Crippen LogP contribution >= 0.6 is 0 Å². The molecule has 1 aromatic rings. The molecule has 0 fully saturated rings. The van der Waals surface area contributed by atoms with E-state index in [1.165, 1.54) is 12.1 Å². The van der Waals surface area contributed by atoms with E-state index < -0.39 is 17.7 Å². The highest BCUT2D eigenvalue weighted by atomic mass is 16.4. The second-order valence-corrected chi connectivity index (χ2v) is 4.34. The molecule has 0 aliphatic rings. The molecule has 0 aliphatic heterocycles. The first kappa shape index (κ1) is 16.3. The molecule has 0 atom stereocenters. The predicted octanol–water partition coefficient (Wildman–Crippen LogP) is 0.867. The third kappa shape index (κ3) is 5.81. The zero-order valence-electron chi connectivity index (χ0n) is 11.3. The Hall–Kier alpha value is -2.77. The van der Waals surface area contributed by atoms with E-state index >= 15 is 0 Å². The number of nitrogens with one attached hydrogen (secondary N) is 2. The number of amides is 3. The molecule has 0 saturated carbocycles. The van der Waals surface area contributed by atoms with Gasteiger partial charge < -0.3 is 26.6 Å². The van der Waals surface area contributed by atoms with Crippen molar-refractivity contribution in [2.45, 2.75) is 19.3 Å². The lowest BCUT2D eigenvalue weighted by Crippen LogP contribution is -2.29. The van der Waals surface area contributed by atoms with E-state index in [9.17, 15) is 19.5 Å². The molecule has 0 radical (unpaired) electrons. The summed E-state index contributed by atoms with van der Waals surface area (Å²) in [4.78, 5) is 32.7. The van der Waals surface area contributed by atoms with E-state index in [0.29, 0.717) is 19.4 Å². The molecule has 114 valence electrons. The van der Waals surface area contributed by atoms with E-state index in [4.69, 9.17) is 10.8 Å². The van der Waals surface area contributed by atoms with Crippen molar-refractivity contribution in [1.82, 2.24) is 5.32 Å². The molecule has 0 spiro atoms. The van der Waals surface area contributed by atoms with Gasteiger partial charge in [-0.3, -0.25) is 4.79 Å². The lowest BCUT2D eigenvalue weighted by Gasteiger charge is -2.08. The van der Waals surface area contributed by atoms with Gasteiger partial charge in [0.25, 0.3) is 0 Å². The maximum absolute atomic E-state index is 11.5. The van der Waals surface area contributed by atoms with Gasteiger partial charge in [-0.1, -0.05) is 0 Å². The fraction of sp³-hybridized carbons (Fsp3) is 0.308. The Bertz CT molecular complexity index is 545. The van der Waals surface area contributed by atoms with E-state index in [1.54, 1.807) is 0 Å². The van der Waals surface area contributed by atoms with Gasteiger partial charge in [-0.2, -0.15) is 0 Å². The van der Waals surface area contributed by atoms with E-state index in [1.807, 2.05) is 0 Å². The number of hydrogen-bond donors (Lipinski definition) is 5. The summed E-state index contributed by atoms with van der Waals surface area (Å²) >= 11 is 0. The Labute approximate surface area is 120 Å². The number of nitrogens with two attached hydrogens (primary N) is 1. The van der Waals surface area contributed by atoms with Gasteiger partial charge >= 0.3 is 12.0 Å². The van der Waals surface area contributed by atoms with Crippen LogP contribution in [0.4, 0.5) is 10.5 Å². The van der Waals surface area contributed by atoms with Gasteiger partial charge in [-0.25, -0.2) is 9.59 Å². The first-order valence-electron chi connectivity index (χ1n) is 6.29. The van der Waals surface area contributed by atoms with Gasteiger partial charge in [-0.05, 0) is 25.0 Å². The SMILES string of the molecule is NC(=O)CCCCNC(=O)Nc1ccc(C(=O)O)c(O)c1. The normalized spacial score (nSPS) is 9.90. The topological polar surface area (TPSA) is 142 Å². The number of aromatic hydroxyl groups is 1. The number of unbranched alkanes of at least 4 members (excludes halogenated alkanes) is 1. The highest BCUT2D eigenvalue weighted by molar-refractivity contribution is 5.93. The summed E-state index contributed by atoms with van der Waals surface area (Å²) < 4.78 is 0. The molecule has 21 heavy (non-hydrogen) atoms. The molecule has 3 amide bonds. The quantitative estimate of drug-likeness (QED) is 0.474. The minimum Gasteiger partial charge on any atom is -0.507 e. The minimum atomic E-state index is -1.25. The number of rotatable bonds is 7. The zero-order valence-corrected chi connectivity index (χ0v) is 11.3. The van der Waals surface area contributed by atoms with Gasteiger partial charge in [0.1, 0.15) is 11.3 Å². The Kier molecular flexibility index (Phi) is 5.99. The van der Waals surface area contributed by atoms with Crippen LogP contribution in [0.5, 0.6) is 5.75 Å². The smallest absolute Gasteiger partial charge is 0.339 e. The first-order chi connectivity index (χ1) is 9.90. The Morgan fingerprint density at radius 1 is 1.19 bits per heavy atom. The van der Waals surface area contributed by atoms with Crippen LogP contribution in [0.3, 0.4) is 0 Å². The molecule has 8 heteroatoms. The van der Waals surface area contributed by atoms with Crippen molar-refractivity contribution in [3.8, 4) is 5.75 Å². The van der Waals surface area contributed by atoms with Crippen molar-refractivity contribution in [2.75, 3.05) is 11.9 Å². The summed E-state index contributed by atoms with van der Waals surface area (Å²) in [6.45, 7) is 0.373. The fourth-order valence-corrected chi connectivity index (χ4v) is 1.59. The monoisotopic (exact) mass is 295 g/mol. The van der Waals surface area contributed by atoms with Crippen molar-refractivity contribution in [3.05, 3.63) is 23.8 Å². The molecule has 1 aromatic carbocycles. The molecular formula is C13H17N3O5. The summed E-state index contributed by atoms with van der Waals surface area (Å²) in [7, 11) is 0. The van der Waals surface area contributed by atoms with E-state index in [-0.39, 0.29) is 23.6 Å². The summed E-state index contributed by atoms with van der Waals surface area (Å²) in [6.07, 6.45) is 1.47. The summed E-state index contributed by atoms with van der Waals surface area (Å²) in [5.74, 6) is -2.06. The minimum absolute atomic E-state index is 0.243. The van der Waals surface area contributed by atoms with Crippen LogP contribution in [0, 0.1) is 0 Å². The molecule has 0 aromatic heterocycles. The molecule has 0 unspecified atom stereocenters. The molecular weight excluding hydrogens is 278 g/mol. The van der Waals surface area contributed by atoms with Gasteiger partial charge in [0, 0.05) is 24.7 Å². The van der Waals surface area contributed by atoms with Crippen molar-refractivity contribution in [2.24, 2.45) is 5.73 Å². The van der Waals surface area contributed by atoms with Gasteiger partial charge in [0.15, 0.2) is 0 Å². The van der Waals surface area contributed by atoms with Crippen molar-refractivity contribution in [3.63, 3.8) is 0 Å². The standard InChI is InChI=1S/C13H17N3O5/c14-11(18)3-1-2-6-15-13(21)16-8-4-5-9(12(19)20)10(17)7-8/h4-5,7,17H,1-3,6H2,(H2,14,18)(H,19,20)(H2,15,16,21). The van der Waals surface area contributed by atoms with Crippen LogP contribution in [-0.4, -0.2) is 34.7 Å². The van der Waals surface area contributed by atoms with Gasteiger partial charge in [0.05, 0.1) is 0 Å². The Balaban J connectivity index is 2.39. The first-order valence-corrected chi connectivity index (χ1v) is 6.29. The molecule has 0 bridgehead atoms. The number of phenols is 1. The number of primary amides is 1. The van der Waals surface area contributed by atoms with Crippen molar-refractivity contribution in [1.29, 1.82) is 0 Å². The molecule has 0 aliphatic carbocycles. The molecule has 1 rings (SSSR count). The largest absolute Gasteiger partial charge is 0.507 e. The number of carboxylic acids is 1. The number of carbonyl (C=O) groups is 3. The Morgan fingerprint density at radius 3 is 2.48 bits per heavy atom. The lowest BCUT2D eigenvalue weighted by atomic mass is 10.2. The summed E-state index contributed by atoms with van der Waals surface area (Å²) in [6, 6.07) is 3.23. The molecule has 0 saturated heterocycles. The second-order valence-electron chi connectivity index (χ2n) is 4.34. The molecule has 8 nitrogen and oxygen atoms in total. The van der Waals surface area contributed by atoms with Crippen molar-refractivity contribution >= 4 is 23.6 Å². The maximum atomic E-state index is 11.5. The summed E-state index contributed by atoms with van der Waals surface area (Å²) in [5, 5.41) is 23.2. The fourth-order valence-electron chi connectivity index (χ4n) is 1.59. The van der Waals surface area contributed by atoms with Crippen LogP contribution < -0.4 is 16.4 Å². The summed E-state index contributed by atoms with van der Waals surface area (Å²) in [5.41, 5.74) is 5.01. The highest BCUT2D eigenvalue weighted by Gasteiger charge is 2.10. The van der Waals surface area contributed by atoms with Crippen LogP contribution in [-0.2, 0) is 4.79 Å². The average Bonchev–Trinajstić information content (AvgIpc) is 2.37. The van der Waals surface area contributed by atoms with Crippen molar-refractivity contribution < 1.29 is 24.6 Å². The van der Waals surface area contributed by atoms with Gasteiger partial charge in [0.2, 0.25) is 5.91 Å². The van der Waals surface area contributed by atoms with Crippen LogP contribution in [0.25, 0.3) is 0 Å². The van der Waals surface area contributed by atoms with Crippen LogP contribution in [0.15, 0.2) is 18.2 Å². The van der Waals surface area contributed by atoms with Crippen LogP contribution in [0.2, 0.25) is 0 Å². The third-order valence-corrected chi connectivity index (χ3v) is 2.62. The number of carboxylic acid groups (broad SMARTS) is 1. The maximum Gasteiger partial charge on any atom is 0.339 e. The average molecular weight is 295 g/mol. The molecule has 0 heterocycles. The molecule has 6 N–H and O–H groups in total. The predicted molar refractivity (Wildman–Crippen MR) is 75.1 cm³/mol. The number of benzene rings is 1. The van der Waals surface area contributed by atoms with Gasteiger partial charge in [-0.15, -0.1) is 0 Å². The highest BCUT2D eigenvalue weighted by Crippen LogP contribution is 2.21.